The number of nitrogens with zero attached hydrogens (tertiary/aromatic N) is 8. The Morgan fingerprint density at radius 1 is 1.02 bits per heavy atom. The minimum Gasteiger partial charge on any atom is -0.444 e. The summed E-state index contributed by atoms with van der Waals surface area (Å²) < 4.78 is 38.9. The third kappa shape index (κ3) is 7.68. The zero-order chi connectivity index (χ0) is 37.8. The molecular weight excluding hydrogens is 678 g/mol. The summed E-state index contributed by atoms with van der Waals surface area (Å²) in [5.74, 6) is 1.29. The number of rotatable bonds is 6. The highest BCUT2D eigenvalue weighted by Gasteiger charge is 2.41. The summed E-state index contributed by atoms with van der Waals surface area (Å²) in [4.78, 5) is 33.9. The van der Waals surface area contributed by atoms with Gasteiger partial charge in [0.25, 0.3) is 6.43 Å². The number of carbonyl (C=O) groups excluding carboxylic acids is 2. The first-order valence-corrected chi connectivity index (χ1v) is 19.4. The summed E-state index contributed by atoms with van der Waals surface area (Å²) in [6.07, 6.45) is 5.80. The van der Waals surface area contributed by atoms with E-state index < -0.39 is 12.0 Å². The fourth-order valence-electron chi connectivity index (χ4n) is 8.96. The van der Waals surface area contributed by atoms with Crippen LogP contribution >= 0.6 is 0 Å². The number of piperidine rings is 2. The van der Waals surface area contributed by atoms with Crippen LogP contribution in [0.2, 0.25) is 0 Å². The number of anilines is 2. The van der Waals surface area contributed by atoms with Crippen molar-refractivity contribution >= 4 is 23.5 Å². The van der Waals surface area contributed by atoms with Gasteiger partial charge in [0.1, 0.15) is 5.60 Å². The monoisotopic (exact) mass is 734 g/mol. The molecule has 13 heteroatoms. The van der Waals surface area contributed by atoms with Gasteiger partial charge < -0.3 is 24.3 Å². The molecular formula is C40H56F2N8O3. The van der Waals surface area contributed by atoms with Gasteiger partial charge in [0.15, 0.2) is 5.82 Å². The van der Waals surface area contributed by atoms with Crippen molar-refractivity contribution in [2.75, 3.05) is 50.7 Å². The largest absolute Gasteiger partial charge is 0.444 e. The fourth-order valence-corrected chi connectivity index (χ4v) is 8.96. The molecule has 288 valence electrons. The highest BCUT2D eigenvalue weighted by molar-refractivity contribution is 5.78. The lowest BCUT2D eigenvalue weighted by atomic mass is 9.73. The zero-order valence-electron chi connectivity index (χ0n) is 32.5. The number of carbonyl (C=O) groups is 2. The van der Waals surface area contributed by atoms with E-state index in [1.54, 1.807) is 37.1 Å². The SMILES string of the molecule is CC(=O)N1CCc2c(c(N3CCCc4cc(-c5cnn(C)c5)c(C(F)F)cc43)nn2C2CCN(CC3CCN(C(=O)OC(C)(C)C)CC3(C)C)CC2)C1. The summed E-state index contributed by atoms with van der Waals surface area (Å²) in [6, 6.07) is 3.80. The second kappa shape index (κ2) is 14.3. The van der Waals surface area contributed by atoms with E-state index in [1.807, 2.05) is 36.6 Å². The van der Waals surface area contributed by atoms with Crippen LogP contribution in [0.15, 0.2) is 24.5 Å². The van der Waals surface area contributed by atoms with Crippen LogP contribution in [-0.4, -0.2) is 97.7 Å². The Morgan fingerprint density at radius 2 is 1.77 bits per heavy atom. The van der Waals surface area contributed by atoms with E-state index in [1.165, 1.54) is 5.69 Å². The van der Waals surface area contributed by atoms with E-state index >= 15 is 0 Å². The maximum absolute atomic E-state index is 14.7. The number of hydrogen-bond acceptors (Lipinski definition) is 7. The number of ether oxygens (including phenoxy) is 1. The topological polar surface area (TPSA) is 92.0 Å². The van der Waals surface area contributed by atoms with Crippen LogP contribution in [0.5, 0.6) is 0 Å². The van der Waals surface area contributed by atoms with Gasteiger partial charge in [-0.25, -0.2) is 13.6 Å². The van der Waals surface area contributed by atoms with Crippen LogP contribution in [0.1, 0.15) is 102 Å². The molecule has 53 heavy (non-hydrogen) atoms. The van der Waals surface area contributed by atoms with E-state index in [2.05, 4.69) is 33.4 Å². The average molecular weight is 735 g/mol. The van der Waals surface area contributed by atoms with Crippen molar-refractivity contribution in [2.24, 2.45) is 18.4 Å². The van der Waals surface area contributed by atoms with E-state index in [4.69, 9.17) is 9.84 Å². The Labute approximate surface area is 312 Å². The van der Waals surface area contributed by atoms with Crippen molar-refractivity contribution in [2.45, 2.75) is 105 Å². The number of aromatic nitrogens is 4. The molecule has 11 nitrogen and oxygen atoms in total. The number of halogens is 2. The molecule has 4 aliphatic heterocycles. The first-order valence-electron chi connectivity index (χ1n) is 19.4. The van der Waals surface area contributed by atoms with Crippen molar-refractivity contribution < 1.29 is 23.1 Å². The average Bonchev–Trinajstić information content (AvgIpc) is 3.71. The van der Waals surface area contributed by atoms with Gasteiger partial charge in [0.05, 0.1) is 18.8 Å². The first-order chi connectivity index (χ1) is 25.1. The predicted molar refractivity (Wildman–Crippen MR) is 200 cm³/mol. The molecule has 4 aliphatic rings. The Balaban J connectivity index is 1.11. The molecule has 3 aromatic rings. The number of hydrogen-bond donors (Lipinski definition) is 0. The lowest BCUT2D eigenvalue weighted by molar-refractivity contribution is -0.129. The molecule has 1 unspecified atom stereocenters. The molecule has 0 spiro atoms. The van der Waals surface area contributed by atoms with Crippen LogP contribution in [-0.2, 0) is 36.0 Å². The number of amides is 2. The maximum atomic E-state index is 14.7. The Bertz CT molecular complexity index is 1840. The highest BCUT2D eigenvalue weighted by atomic mass is 19.3. The summed E-state index contributed by atoms with van der Waals surface area (Å²) >= 11 is 0. The lowest BCUT2D eigenvalue weighted by Crippen LogP contribution is -2.52. The molecule has 7 rings (SSSR count). The molecule has 2 fully saturated rings. The number of fused-ring (bicyclic) bond motifs is 2. The van der Waals surface area contributed by atoms with Gasteiger partial charge in [0, 0.05) is 100 Å². The maximum Gasteiger partial charge on any atom is 0.410 e. The van der Waals surface area contributed by atoms with E-state index in [-0.39, 0.29) is 29.0 Å². The fraction of sp³-hybridized carbons (Fsp3) is 0.650. The van der Waals surface area contributed by atoms with Crippen LogP contribution in [0.25, 0.3) is 11.1 Å². The Kier molecular flexibility index (Phi) is 10.1. The van der Waals surface area contributed by atoms with Crippen LogP contribution in [0.4, 0.5) is 25.1 Å². The van der Waals surface area contributed by atoms with Gasteiger partial charge in [0.2, 0.25) is 5.91 Å². The molecule has 0 radical (unpaired) electrons. The third-order valence-electron chi connectivity index (χ3n) is 11.9. The van der Waals surface area contributed by atoms with Crippen molar-refractivity contribution in [3.8, 4) is 11.1 Å². The van der Waals surface area contributed by atoms with Gasteiger partial charge in [-0.2, -0.15) is 10.2 Å². The van der Waals surface area contributed by atoms with Crippen molar-refractivity contribution in [1.82, 2.24) is 34.3 Å². The number of aryl methyl sites for hydroxylation is 2. The molecule has 2 aromatic heterocycles. The Morgan fingerprint density at radius 3 is 2.42 bits per heavy atom. The molecule has 6 heterocycles. The predicted octanol–water partition coefficient (Wildman–Crippen LogP) is 7.13. The summed E-state index contributed by atoms with van der Waals surface area (Å²) in [5.41, 5.74) is 4.67. The van der Waals surface area contributed by atoms with Gasteiger partial charge in [-0.05, 0) is 87.5 Å². The van der Waals surface area contributed by atoms with E-state index in [0.29, 0.717) is 49.8 Å². The normalized spacial score (nSPS) is 21.2. The second-order valence-corrected chi connectivity index (χ2v) is 17.3. The Hall–Kier alpha value is -4.00. The summed E-state index contributed by atoms with van der Waals surface area (Å²) in [6.45, 7) is 18.0. The van der Waals surface area contributed by atoms with Crippen molar-refractivity contribution in [3.63, 3.8) is 0 Å². The number of benzene rings is 1. The number of alkyl halides is 2. The quantitative estimate of drug-likeness (QED) is 0.266. The molecule has 1 aromatic carbocycles. The van der Waals surface area contributed by atoms with Crippen molar-refractivity contribution in [1.29, 1.82) is 0 Å². The van der Waals surface area contributed by atoms with E-state index in [9.17, 15) is 18.4 Å². The smallest absolute Gasteiger partial charge is 0.410 e. The minimum absolute atomic E-state index is 0.00613. The van der Waals surface area contributed by atoms with E-state index in [0.717, 1.165) is 80.8 Å². The standard InChI is InChI=1S/C40H56F2N8O3/c1-26(51)47-18-13-34-33(24-47)37(49-14-8-9-27-19-31(28-21-43-45(7)22-28)32(36(41)42)20-35(27)49)44-50(34)30-11-15-46(16-12-30)23-29-10-17-48(25-40(29,5)6)38(52)53-39(2,3)4/h19-22,29-30,36H,8-18,23-25H2,1-7H3. The van der Waals surface area contributed by atoms with Gasteiger partial charge >= 0.3 is 6.09 Å². The third-order valence-corrected chi connectivity index (χ3v) is 11.9. The second-order valence-electron chi connectivity index (χ2n) is 17.3. The molecule has 0 saturated carbocycles. The molecule has 0 N–H and O–H groups in total. The van der Waals surface area contributed by atoms with Crippen LogP contribution in [0, 0.1) is 11.3 Å². The van der Waals surface area contributed by atoms with Crippen molar-refractivity contribution in [3.05, 3.63) is 46.9 Å². The molecule has 0 bridgehead atoms. The molecule has 1 atom stereocenters. The zero-order valence-corrected chi connectivity index (χ0v) is 32.5. The minimum atomic E-state index is -2.65. The lowest BCUT2D eigenvalue weighted by Gasteiger charge is -2.46. The number of likely N-dealkylation sites (tertiary alicyclic amines) is 2. The molecule has 0 aliphatic carbocycles. The van der Waals surface area contributed by atoms with Gasteiger partial charge in [-0.1, -0.05) is 13.8 Å². The first kappa shape index (κ1) is 37.3. The van der Waals surface area contributed by atoms with Crippen LogP contribution in [0.3, 0.4) is 0 Å². The molecule has 2 amide bonds. The van der Waals surface area contributed by atoms with Gasteiger partial charge in [-0.15, -0.1) is 0 Å². The van der Waals surface area contributed by atoms with Crippen LogP contribution < -0.4 is 4.90 Å². The highest BCUT2D eigenvalue weighted by Crippen LogP contribution is 2.44. The molecule has 2 saturated heterocycles. The van der Waals surface area contributed by atoms with Gasteiger partial charge in [-0.3, -0.25) is 14.2 Å². The summed E-state index contributed by atoms with van der Waals surface area (Å²) in [5, 5.41) is 9.58. The summed E-state index contributed by atoms with van der Waals surface area (Å²) in [7, 11) is 1.79.